The molecule has 13 heavy (non-hydrogen) atoms. The van der Waals surface area contributed by atoms with Crippen LogP contribution in [0.15, 0.2) is 34.3 Å². The molecule has 0 bridgehead atoms. The van der Waals surface area contributed by atoms with Crippen LogP contribution >= 0.6 is 0 Å². The second-order valence-corrected chi connectivity index (χ2v) is 1.94. The summed E-state index contributed by atoms with van der Waals surface area (Å²) in [5, 5.41) is 0. The SMILES string of the molecule is C.CC.CN=C1C=CC=CC1=NC. The number of hydrogen-bond donors (Lipinski definition) is 0. The lowest BCUT2D eigenvalue weighted by molar-refractivity contribution is 1.42. The molecule has 0 amide bonds. The third kappa shape index (κ3) is 4.41. The predicted molar refractivity (Wildman–Crippen MR) is 63.1 cm³/mol. The van der Waals surface area contributed by atoms with E-state index < -0.39 is 0 Å². The van der Waals surface area contributed by atoms with Gasteiger partial charge in [0.15, 0.2) is 0 Å². The van der Waals surface area contributed by atoms with Gasteiger partial charge >= 0.3 is 0 Å². The minimum atomic E-state index is 0. The average molecular weight is 180 g/mol. The summed E-state index contributed by atoms with van der Waals surface area (Å²) in [4.78, 5) is 8.10. The number of aliphatic imine (C=N–C) groups is 2. The molecule has 0 N–H and O–H groups in total. The monoisotopic (exact) mass is 180 g/mol. The van der Waals surface area contributed by atoms with Gasteiger partial charge in [-0.25, -0.2) is 0 Å². The molecule has 74 valence electrons. The maximum absolute atomic E-state index is 4.05. The van der Waals surface area contributed by atoms with E-state index in [1.54, 1.807) is 14.1 Å². The molecule has 1 rings (SSSR count). The first kappa shape index (κ1) is 14.3. The molecule has 0 radical (unpaired) electrons. The number of allylic oxidation sites excluding steroid dienone is 4. The molecule has 0 aromatic heterocycles. The fourth-order valence-corrected chi connectivity index (χ4v) is 0.842. The molecular weight excluding hydrogens is 160 g/mol. The topological polar surface area (TPSA) is 24.7 Å². The van der Waals surface area contributed by atoms with Crippen LogP contribution < -0.4 is 0 Å². The van der Waals surface area contributed by atoms with E-state index in [9.17, 15) is 0 Å². The summed E-state index contributed by atoms with van der Waals surface area (Å²) in [6, 6.07) is 0. The van der Waals surface area contributed by atoms with Gasteiger partial charge in [-0.05, 0) is 12.2 Å². The van der Waals surface area contributed by atoms with E-state index in [0.29, 0.717) is 0 Å². The van der Waals surface area contributed by atoms with Gasteiger partial charge < -0.3 is 0 Å². The van der Waals surface area contributed by atoms with Gasteiger partial charge in [-0.15, -0.1) is 0 Å². The molecule has 0 aromatic carbocycles. The Morgan fingerprint density at radius 2 is 1.15 bits per heavy atom. The van der Waals surface area contributed by atoms with Crippen LogP contribution in [-0.4, -0.2) is 25.5 Å². The molecule has 0 aliphatic heterocycles. The third-order valence-electron chi connectivity index (χ3n) is 1.36. The molecule has 2 heteroatoms. The van der Waals surface area contributed by atoms with Gasteiger partial charge in [-0.2, -0.15) is 0 Å². The van der Waals surface area contributed by atoms with Crippen molar-refractivity contribution >= 4 is 11.4 Å². The summed E-state index contributed by atoms with van der Waals surface area (Å²) in [6.07, 6.45) is 7.80. The molecule has 2 nitrogen and oxygen atoms in total. The van der Waals surface area contributed by atoms with E-state index >= 15 is 0 Å². The lowest BCUT2D eigenvalue weighted by atomic mass is 10.1. The third-order valence-corrected chi connectivity index (χ3v) is 1.36. The van der Waals surface area contributed by atoms with Gasteiger partial charge in [0.25, 0.3) is 0 Å². The van der Waals surface area contributed by atoms with Crippen molar-refractivity contribution in [2.45, 2.75) is 21.3 Å². The normalized spacial score (nSPS) is 19.4. The Hall–Kier alpha value is -1.18. The highest BCUT2D eigenvalue weighted by Gasteiger charge is 2.01. The first-order chi connectivity index (χ1) is 5.88. The van der Waals surface area contributed by atoms with Gasteiger partial charge in [-0.3, -0.25) is 9.98 Å². The van der Waals surface area contributed by atoms with Crippen LogP contribution in [0.3, 0.4) is 0 Å². The number of hydrogen-bond acceptors (Lipinski definition) is 2. The van der Waals surface area contributed by atoms with E-state index in [2.05, 4.69) is 9.98 Å². The maximum atomic E-state index is 4.05. The molecule has 0 aromatic rings. The second kappa shape index (κ2) is 8.91. The minimum absolute atomic E-state index is 0. The Morgan fingerprint density at radius 3 is 1.38 bits per heavy atom. The number of nitrogens with zero attached hydrogens (tertiary/aromatic N) is 2. The molecular formula is C11H20N2. The van der Waals surface area contributed by atoms with Crippen LogP contribution in [0.2, 0.25) is 0 Å². The largest absolute Gasteiger partial charge is 0.286 e. The molecule has 0 saturated carbocycles. The predicted octanol–water partition coefficient (Wildman–Crippen LogP) is 2.92. The zero-order chi connectivity index (χ0) is 9.40. The summed E-state index contributed by atoms with van der Waals surface area (Å²) < 4.78 is 0. The molecule has 1 aliphatic carbocycles. The molecule has 0 unspecified atom stereocenters. The van der Waals surface area contributed by atoms with Crippen LogP contribution in [0, 0.1) is 0 Å². The standard InChI is InChI=1S/C8H10N2.C2H6.CH4/c1-9-7-5-3-4-6-8(7)10-2;1-2;/h3-6H,1-2H3;1-2H3;1H4. The number of rotatable bonds is 0. The smallest absolute Gasteiger partial charge is 0.0822 e. The first-order valence-corrected chi connectivity index (χ1v) is 4.17. The average Bonchev–Trinajstić information content (AvgIpc) is 2.20. The van der Waals surface area contributed by atoms with Crippen molar-refractivity contribution in [2.75, 3.05) is 14.1 Å². The van der Waals surface area contributed by atoms with Gasteiger partial charge in [0, 0.05) is 14.1 Å². The van der Waals surface area contributed by atoms with Crippen LogP contribution in [0.5, 0.6) is 0 Å². The highest BCUT2D eigenvalue weighted by molar-refractivity contribution is 6.51. The summed E-state index contributed by atoms with van der Waals surface area (Å²) in [5.74, 6) is 0. The summed E-state index contributed by atoms with van der Waals surface area (Å²) in [5.41, 5.74) is 1.90. The summed E-state index contributed by atoms with van der Waals surface area (Å²) in [7, 11) is 3.54. The van der Waals surface area contributed by atoms with Crippen molar-refractivity contribution in [3.63, 3.8) is 0 Å². The fourth-order valence-electron chi connectivity index (χ4n) is 0.842. The van der Waals surface area contributed by atoms with Crippen LogP contribution in [0.25, 0.3) is 0 Å². The summed E-state index contributed by atoms with van der Waals surface area (Å²) >= 11 is 0. The lowest BCUT2D eigenvalue weighted by Gasteiger charge is -2.01. The quantitative estimate of drug-likeness (QED) is 0.512. The Kier molecular flexibility index (Phi) is 9.84. The Labute approximate surface area is 81.8 Å². The van der Waals surface area contributed by atoms with Crippen molar-refractivity contribution in [2.24, 2.45) is 9.98 Å². The van der Waals surface area contributed by atoms with Crippen molar-refractivity contribution in [3.8, 4) is 0 Å². The van der Waals surface area contributed by atoms with Gasteiger partial charge in [0.2, 0.25) is 0 Å². The maximum Gasteiger partial charge on any atom is 0.0822 e. The van der Waals surface area contributed by atoms with E-state index in [4.69, 9.17) is 0 Å². The Morgan fingerprint density at radius 1 is 0.846 bits per heavy atom. The van der Waals surface area contributed by atoms with Crippen LogP contribution in [0.4, 0.5) is 0 Å². The molecule has 1 aliphatic rings. The molecule has 0 saturated heterocycles. The zero-order valence-electron chi connectivity index (χ0n) is 8.20. The highest BCUT2D eigenvalue weighted by atomic mass is 14.8. The summed E-state index contributed by atoms with van der Waals surface area (Å²) in [6.45, 7) is 4.00. The first-order valence-electron chi connectivity index (χ1n) is 4.17. The van der Waals surface area contributed by atoms with Crippen molar-refractivity contribution in [3.05, 3.63) is 24.3 Å². The highest BCUT2D eigenvalue weighted by Crippen LogP contribution is 1.96. The van der Waals surface area contributed by atoms with Gasteiger partial charge in [0.1, 0.15) is 0 Å². The van der Waals surface area contributed by atoms with Crippen LogP contribution in [-0.2, 0) is 0 Å². The fraction of sp³-hybridized carbons (Fsp3) is 0.455. The molecule has 0 fully saturated rings. The van der Waals surface area contributed by atoms with E-state index in [1.807, 2.05) is 38.2 Å². The van der Waals surface area contributed by atoms with Crippen LogP contribution in [0.1, 0.15) is 21.3 Å². The van der Waals surface area contributed by atoms with Crippen molar-refractivity contribution < 1.29 is 0 Å². The van der Waals surface area contributed by atoms with E-state index in [1.165, 1.54) is 0 Å². The van der Waals surface area contributed by atoms with Gasteiger partial charge in [0.05, 0.1) is 11.4 Å². The zero-order valence-corrected chi connectivity index (χ0v) is 8.20. The molecule has 0 heterocycles. The minimum Gasteiger partial charge on any atom is -0.286 e. The Bertz CT molecular complexity index is 206. The van der Waals surface area contributed by atoms with Gasteiger partial charge in [-0.1, -0.05) is 33.4 Å². The van der Waals surface area contributed by atoms with Crippen molar-refractivity contribution in [1.82, 2.24) is 0 Å². The molecule has 0 spiro atoms. The van der Waals surface area contributed by atoms with E-state index in [0.717, 1.165) is 11.4 Å². The molecule has 0 atom stereocenters. The second-order valence-electron chi connectivity index (χ2n) is 1.94. The van der Waals surface area contributed by atoms with Crippen molar-refractivity contribution in [1.29, 1.82) is 0 Å². The lowest BCUT2D eigenvalue weighted by Crippen LogP contribution is -2.10. The Balaban J connectivity index is 0. The van der Waals surface area contributed by atoms with E-state index in [-0.39, 0.29) is 7.43 Å².